The SMILES string of the molecule is Cc1c(C(=O)N(CC(=O)N2CCCN3CCNCCCN(CC2)N3)N2CCCCC2)nn(-c2ccc(Cl)cc2Cl)c1-c1ccc(Cl)cc1. The molecule has 2 aromatic carbocycles. The molecule has 48 heavy (non-hydrogen) atoms. The number of hydrazine groups is 3. The molecule has 0 spiro atoms. The first kappa shape index (κ1) is 35.1. The maximum atomic E-state index is 14.7. The van der Waals surface area contributed by atoms with Gasteiger partial charge in [-0.3, -0.25) is 14.6 Å². The topological polar surface area (TPSA) is 92.2 Å². The summed E-state index contributed by atoms with van der Waals surface area (Å²) < 4.78 is 1.69. The van der Waals surface area contributed by atoms with Crippen LogP contribution in [-0.2, 0) is 4.79 Å². The van der Waals surface area contributed by atoms with Gasteiger partial charge in [0.2, 0.25) is 5.91 Å². The zero-order valence-corrected chi connectivity index (χ0v) is 29.7. The van der Waals surface area contributed by atoms with Crippen LogP contribution in [0.15, 0.2) is 42.5 Å². The molecule has 0 radical (unpaired) electrons. The largest absolute Gasteiger partial charge is 0.340 e. The highest BCUT2D eigenvalue weighted by Gasteiger charge is 2.33. The molecule has 1 aromatic heterocycles. The number of carbonyl (C=O) groups is 2. The third-order valence-corrected chi connectivity index (χ3v) is 10.0. The van der Waals surface area contributed by atoms with Crippen molar-refractivity contribution in [3.05, 3.63) is 68.8 Å². The van der Waals surface area contributed by atoms with Crippen molar-refractivity contribution in [1.29, 1.82) is 0 Å². The molecule has 3 fully saturated rings. The monoisotopic (exact) mass is 715 g/mol. The Morgan fingerprint density at radius 2 is 1.52 bits per heavy atom. The minimum atomic E-state index is -0.310. The molecule has 6 rings (SSSR count). The van der Waals surface area contributed by atoms with Crippen LogP contribution in [0.2, 0.25) is 15.1 Å². The van der Waals surface area contributed by atoms with E-state index in [1.807, 2.05) is 41.1 Å². The number of amides is 2. The van der Waals surface area contributed by atoms with E-state index < -0.39 is 0 Å². The van der Waals surface area contributed by atoms with E-state index in [4.69, 9.17) is 39.9 Å². The van der Waals surface area contributed by atoms with Crippen LogP contribution in [-0.4, -0.2) is 119 Å². The third kappa shape index (κ3) is 8.34. The van der Waals surface area contributed by atoms with Crippen molar-refractivity contribution < 1.29 is 9.59 Å². The maximum Gasteiger partial charge on any atom is 0.289 e. The third-order valence-electron chi connectivity index (χ3n) is 9.25. The van der Waals surface area contributed by atoms with Gasteiger partial charge in [0.15, 0.2) is 5.69 Å². The fraction of sp³-hybridized carbons (Fsp3) is 0.500. The molecule has 4 heterocycles. The van der Waals surface area contributed by atoms with Crippen molar-refractivity contribution in [3.63, 3.8) is 0 Å². The number of nitrogens with zero attached hydrogens (tertiary/aromatic N) is 7. The molecule has 3 aliphatic rings. The molecule has 2 unspecified atom stereocenters. The fourth-order valence-electron chi connectivity index (χ4n) is 6.65. The summed E-state index contributed by atoms with van der Waals surface area (Å²) in [4.78, 5) is 30.7. The molecule has 14 heteroatoms. The zero-order valence-electron chi connectivity index (χ0n) is 27.4. The summed E-state index contributed by atoms with van der Waals surface area (Å²) in [6.45, 7) is 9.66. The quantitative estimate of drug-likeness (QED) is 0.373. The van der Waals surface area contributed by atoms with Gasteiger partial charge < -0.3 is 10.2 Å². The minimum absolute atomic E-state index is 0.0514. The first-order valence-electron chi connectivity index (χ1n) is 16.9. The number of fused-ring (bicyclic) bond motifs is 2. The molecule has 2 atom stereocenters. The Hall–Kier alpha value is -2.74. The average Bonchev–Trinajstić information content (AvgIpc) is 3.51. The highest BCUT2D eigenvalue weighted by Crippen LogP contribution is 2.34. The second-order valence-corrected chi connectivity index (χ2v) is 13.9. The molecule has 2 N–H and O–H groups in total. The van der Waals surface area contributed by atoms with E-state index in [2.05, 4.69) is 20.9 Å². The van der Waals surface area contributed by atoms with Crippen LogP contribution in [0.25, 0.3) is 16.9 Å². The Bertz CT molecular complexity index is 1580. The molecule has 3 saturated heterocycles. The number of piperidine rings is 1. The van der Waals surface area contributed by atoms with Crippen molar-refractivity contribution in [2.75, 3.05) is 72.0 Å². The molecule has 0 aliphatic carbocycles. The minimum Gasteiger partial charge on any atom is -0.340 e. The van der Waals surface area contributed by atoms with Gasteiger partial charge in [-0.2, -0.15) is 10.6 Å². The molecule has 11 nitrogen and oxygen atoms in total. The molecule has 258 valence electrons. The standard InChI is InChI=1S/C34H44Cl3N9O2/c1-25-32(39-46(30-12-11-28(36)23-29(30)37)33(25)26-7-9-27(35)10-8-26)34(48)45(44-18-3-2-4-19-44)24-31(47)41-15-6-17-42-20-14-38-13-5-16-43(40-42)22-21-41/h7-12,23,38,40H,2-6,13-22,24H2,1H3. The van der Waals surface area contributed by atoms with Gasteiger partial charge in [0, 0.05) is 80.1 Å². The number of rotatable bonds is 6. The van der Waals surface area contributed by atoms with Crippen LogP contribution < -0.4 is 10.9 Å². The summed E-state index contributed by atoms with van der Waals surface area (Å²) in [6, 6.07) is 12.6. The molecular weight excluding hydrogens is 673 g/mol. The van der Waals surface area contributed by atoms with E-state index in [-0.39, 0.29) is 24.1 Å². The molecule has 2 amide bonds. The summed E-state index contributed by atoms with van der Waals surface area (Å²) >= 11 is 19.2. The number of benzene rings is 2. The highest BCUT2D eigenvalue weighted by atomic mass is 35.5. The van der Waals surface area contributed by atoms with E-state index in [1.54, 1.807) is 27.9 Å². The van der Waals surface area contributed by atoms with Crippen molar-refractivity contribution in [3.8, 4) is 16.9 Å². The Balaban J connectivity index is 1.31. The fourth-order valence-corrected chi connectivity index (χ4v) is 7.27. The first-order valence-corrected chi connectivity index (χ1v) is 18.0. The molecule has 2 bridgehead atoms. The van der Waals surface area contributed by atoms with Crippen LogP contribution in [0.1, 0.15) is 48.2 Å². The number of carbonyl (C=O) groups excluding carboxylic acids is 2. The van der Waals surface area contributed by atoms with E-state index in [0.29, 0.717) is 64.7 Å². The lowest BCUT2D eigenvalue weighted by Gasteiger charge is -2.38. The second-order valence-electron chi connectivity index (χ2n) is 12.6. The Kier molecular flexibility index (Phi) is 11.9. The van der Waals surface area contributed by atoms with Crippen LogP contribution in [0, 0.1) is 6.92 Å². The summed E-state index contributed by atoms with van der Waals surface area (Å²) in [5, 5.41) is 18.0. The van der Waals surface area contributed by atoms with Crippen molar-refractivity contribution in [2.24, 2.45) is 0 Å². The summed E-state index contributed by atoms with van der Waals surface area (Å²) in [7, 11) is 0. The Morgan fingerprint density at radius 1 is 0.792 bits per heavy atom. The van der Waals surface area contributed by atoms with E-state index in [0.717, 1.165) is 70.4 Å². The summed E-state index contributed by atoms with van der Waals surface area (Å²) in [5.74, 6) is -0.373. The lowest BCUT2D eigenvalue weighted by Crippen LogP contribution is -2.54. The second kappa shape index (κ2) is 16.3. The number of hydrogen-bond donors (Lipinski definition) is 2. The van der Waals surface area contributed by atoms with Gasteiger partial charge >= 0.3 is 0 Å². The van der Waals surface area contributed by atoms with Gasteiger partial charge in [-0.05, 0) is 69.5 Å². The van der Waals surface area contributed by atoms with Crippen molar-refractivity contribution >= 4 is 46.6 Å². The van der Waals surface area contributed by atoms with E-state index in [1.165, 1.54) is 0 Å². The number of aromatic nitrogens is 2. The van der Waals surface area contributed by atoms with E-state index >= 15 is 0 Å². The van der Waals surface area contributed by atoms with Crippen LogP contribution in [0.5, 0.6) is 0 Å². The lowest BCUT2D eigenvalue weighted by atomic mass is 10.1. The van der Waals surface area contributed by atoms with Gasteiger partial charge in [-0.15, -0.1) is 0 Å². The predicted molar refractivity (Wildman–Crippen MR) is 190 cm³/mol. The highest BCUT2D eigenvalue weighted by molar-refractivity contribution is 6.35. The van der Waals surface area contributed by atoms with Crippen LogP contribution in [0.4, 0.5) is 0 Å². The van der Waals surface area contributed by atoms with Gasteiger partial charge in [-0.1, -0.05) is 53.4 Å². The Labute approximate surface area is 297 Å². The van der Waals surface area contributed by atoms with Crippen molar-refractivity contribution in [1.82, 2.24) is 45.6 Å². The van der Waals surface area contributed by atoms with Gasteiger partial charge in [-0.25, -0.2) is 19.7 Å². The van der Waals surface area contributed by atoms with Crippen molar-refractivity contribution in [2.45, 2.75) is 39.0 Å². The lowest BCUT2D eigenvalue weighted by molar-refractivity contribution is -0.136. The smallest absolute Gasteiger partial charge is 0.289 e. The number of hydrogen-bond acceptors (Lipinski definition) is 8. The molecule has 3 aromatic rings. The summed E-state index contributed by atoms with van der Waals surface area (Å²) in [5.41, 5.74) is 6.64. The zero-order chi connectivity index (χ0) is 33.6. The number of halogens is 3. The first-order chi connectivity index (χ1) is 23.3. The Morgan fingerprint density at radius 3 is 2.29 bits per heavy atom. The average molecular weight is 717 g/mol. The molecular formula is C34H44Cl3N9O2. The molecule has 0 saturated carbocycles. The van der Waals surface area contributed by atoms with Crippen LogP contribution >= 0.6 is 34.8 Å². The maximum absolute atomic E-state index is 14.7. The molecule has 3 aliphatic heterocycles. The van der Waals surface area contributed by atoms with Gasteiger partial charge in [0.25, 0.3) is 5.91 Å². The van der Waals surface area contributed by atoms with Crippen LogP contribution in [0.3, 0.4) is 0 Å². The van der Waals surface area contributed by atoms with E-state index in [9.17, 15) is 9.59 Å². The normalized spacial score (nSPS) is 21.3. The number of nitrogens with one attached hydrogen (secondary N) is 2. The predicted octanol–water partition coefficient (Wildman–Crippen LogP) is 4.90. The summed E-state index contributed by atoms with van der Waals surface area (Å²) in [6.07, 6.45) is 4.86. The van der Waals surface area contributed by atoms with Gasteiger partial charge in [0.05, 0.1) is 16.4 Å². The van der Waals surface area contributed by atoms with Gasteiger partial charge in [0.1, 0.15) is 6.54 Å².